The maximum absolute atomic E-state index is 9.09. The van der Waals surface area contributed by atoms with E-state index in [2.05, 4.69) is 29.4 Å². The van der Waals surface area contributed by atoms with E-state index in [0.29, 0.717) is 0 Å². The van der Waals surface area contributed by atoms with Gasteiger partial charge in [0.1, 0.15) is 0 Å². The number of benzene rings is 2. The van der Waals surface area contributed by atoms with Gasteiger partial charge in [0, 0.05) is 5.56 Å². The summed E-state index contributed by atoms with van der Waals surface area (Å²) in [6.07, 6.45) is 3.03. The van der Waals surface area contributed by atoms with Gasteiger partial charge in [0.25, 0.3) is 0 Å². The summed E-state index contributed by atoms with van der Waals surface area (Å²) in [6, 6.07) is 12.6. The van der Waals surface area contributed by atoms with Gasteiger partial charge in [-0.2, -0.15) is 0 Å². The zero-order valence-electron chi connectivity index (χ0n) is 8.98. The van der Waals surface area contributed by atoms with E-state index >= 15 is 0 Å². The molecule has 1 N–H and O–H groups in total. The molecule has 0 unspecified atom stereocenters. The van der Waals surface area contributed by atoms with Gasteiger partial charge in [-0.25, -0.2) is 0 Å². The predicted molar refractivity (Wildman–Crippen MR) is 65.2 cm³/mol. The van der Waals surface area contributed by atoms with E-state index in [0.717, 1.165) is 30.5 Å². The van der Waals surface area contributed by atoms with E-state index in [9.17, 15) is 0 Å². The van der Waals surface area contributed by atoms with Crippen LogP contribution in [0.4, 0.5) is 0 Å². The first-order valence-electron chi connectivity index (χ1n) is 5.62. The summed E-state index contributed by atoms with van der Waals surface area (Å²) in [5.74, 6) is 0. The first-order chi connectivity index (χ1) is 7.90. The second-order valence-corrected chi connectivity index (χ2v) is 4.22. The number of oxime groups is 1. The molecule has 2 aromatic carbocycles. The average Bonchev–Trinajstić information content (AvgIpc) is 2.37. The molecule has 16 heavy (non-hydrogen) atoms. The molecule has 1 aliphatic carbocycles. The van der Waals surface area contributed by atoms with Crippen LogP contribution in [-0.2, 0) is 6.42 Å². The molecule has 0 bridgehead atoms. The van der Waals surface area contributed by atoms with Crippen molar-refractivity contribution in [3.05, 3.63) is 47.5 Å². The molecule has 0 spiro atoms. The van der Waals surface area contributed by atoms with Crippen molar-refractivity contribution in [2.45, 2.75) is 19.3 Å². The van der Waals surface area contributed by atoms with Crippen LogP contribution in [-0.4, -0.2) is 10.9 Å². The molecule has 0 atom stereocenters. The van der Waals surface area contributed by atoms with Gasteiger partial charge in [-0.15, -0.1) is 0 Å². The highest BCUT2D eigenvalue weighted by molar-refractivity contribution is 6.12. The minimum atomic E-state index is 0.832. The lowest BCUT2D eigenvalue weighted by Crippen LogP contribution is -2.12. The van der Waals surface area contributed by atoms with Crippen molar-refractivity contribution in [1.29, 1.82) is 0 Å². The molecule has 3 rings (SSSR count). The standard InChI is InChI=1S/C14H13NO/c16-15-13-7-3-5-11-9-8-10-4-1-2-6-12(10)14(11)13/h1-2,4,6,8-9,16H,3,5,7H2/b15-13+. The summed E-state index contributed by atoms with van der Waals surface area (Å²) in [5.41, 5.74) is 3.28. The minimum Gasteiger partial charge on any atom is -0.411 e. The third-order valence-electron chi connectivity index (χ3n) is 3.28. The molecule has 2 heteroatoms. The summed E-state index contributed by atoms with van der Waals surface area (Å²) in [6.45, 7) is 0. The Morgan fingerprint density at radius 1 is 1.00 bits per heavy atom. The second-order valence-electron chi connectivity index (χ2n) is 4.22. The van der Waals surface area contributed by atoms with Gasteiger partial charge in [-0.3, -0.25) is 0 Å². The number of hydrogen-bond donors (Lipinski definition) is 1. The average molecular weight is 211 g/mol. The molecule has 0 aromatic heterocycles. The largest absolute Gasteiger partial charge is 0.411 e. The van der Waals surface area contributed by atoms with Crippen LogP contribution in [0.5, 0.6) is 0 Å². The second kappa shape index (κ2) is 3.63. The fraction of sp³-hybridized carbons (Fsp3) is 0.214. The van der Waals surface area contributed by atoms with Crippen molar-refractivity contribution in [3.8, 4) is 0 Å². The SMILES string of the molecule is O/N=C1\CCCc2ccc3ccccc3c21. The Morgan fingerprint density at radius 3 is 2.75 bits per heavy atom. The third kappa shape index (κ3) is 1.30. The van der Waals surface area contributed by atoms with Crippen LogP contribution in [0.3, 0.4) is 0 Å². The summed E-state index contributed by atoms with van der Waals surface area (Å²) in [4.78, 5) is 0. The molecule has 0 amide bonds. The fourth-order valence-corrected chi connectivity index (χ4v) is 2.54. The lowest BCUT2D eigenvalue weighted by Gasteiger charge is -2.18. The van der Waals surface area contributed by atoms with Crippen LogP contribution < -0.4 is 0 Å². The van der Waals surface area contributed by atoms with Crippen LogP contribution in [0.1, 0.15) is 24.0 Å². The van der Waals surface area contributed by atoms with Gasteiger partial charge in [-0.05, 0) is 35.6 Å². The number of nitrogens with zero attached hydrogens (tertiary/aromatic N) is 1. The molecule has 0 saturated heterocycles. The van der Waals surface area contributed by atoms with Crippen molar-refractivity contribution in [2.24, 2.45) is 5.16 Å². The molecule has 0 saturated carbocycles. The van der Waals surface area contributed by atoms with Crippen LogP contribution in [0, 0.1) is 0 Å². The van der Waals surface area contributed by atoms with Gasteiger partial charge >= 0.3 is 0 Å². The Labute approximate surface area is 94.2 Å². The fourth-order valence-electron chi connectivity index (χ4n) is 2.54. The number of aryl methyl sites for hydroxylation is 1. The van der Waals surface area contributed by atoms with Crippen LogP contribution in [0.2, 0.25) is 0 Å². The Balaban J connectivity index is 2.39. The lowest BCUT2D eigenvalue weighted by molar-refractivity contribution is 0.317. The molecule has 2 nitrogen and oxygen atoms in total. The molecule has 0 fully saturated rings. The summed E-state index contributed by atoms with van der Waals surface area (Å²) < 4.78 is 0. The van der Waals surface area contributed by atoms with Crippen LogP contribution in [0.15, 0.2) is 41.6 Å². The normalized spacial score (nSPS) is 17.6. The molecule has 0 aliphatic heterocycles. The molecular formula is C14H13NO. The van der Waals surface area contributed by atoms with E-state index in [-0.39, 0.29) is 0 Å². The van der Waals surface area contributed by atoms with E-state index in [1.54, 1.807) is 0 Å². The van der Waals surface area contributed by atoms with E-state index in [1.165, 1.54) is 16.3 Å². The van der Waals surface area contributed by atoms with E-state index in [4.69, 9.17) is 5.21 Å². The molecular weight excluding hydrogens is 198 g/mol. The third-order valence-corrected chi connectivity index (χ3v) is 3.28. The highest BCUT2D eigenvalue weighted by Crippen LogP contribution is 2.29. The van der Waals surface area contributed by atoms with E-state index < -0.39 is 0 Å². The first-order valence-corrected chi connectivity index (χ1v) is 5.62. The summed E-state index contributed by atoms with van der Waals surface area (Å²) in [5, 5.41) is 15.0. The maximum atomic E-state index is 9.09. The molecule has 1 aliphatic rings. The van der Waals surface area contributed by atoms with Gasteiger partial charge in [-0.1, -0.05) is 41.6 Å². The monoisotopic (exact) mass is 211 g/mol. The number of rotatable bonds is 0. The maximum Gasteiger partial charge on any atom is 0.0876 e. The number of hydrogen-bond acceptors (Lipinski definition) is 2. The topological polar surface area (TPSA) is 32.6 Å². The van der Waals surface area contributed by atoms with Gasteiger partial charge in [0.15, 0.2) is 0 Å². The van der Waals surface area contributed by atoms with Crippen LogP contribution in [0.25, 0.3) is 10.8 Å². The van der Waals surface area contributed by atoms with Gasteiger partial charge < -0.3 is 5.21 Å². The number of fused-ring (bicyclic) bond motifs is 3. The zero-order chi connectivity index (χ0) is 11.0. The Bertz CT molecular complexity index is 572. The van der Waals surface area contributed by atoms with Crippen molar-refractivity contribution in [1.82, 2.24) is 0 Å². The highest BCUT2D eigenvalue weighted by Gasteiger charge is 2.18. The van der Waals surface area contributed by atoms with Gasteiger partial charge in [0.2, 0.25) is 0 Å². The Morgan fingerprint density at radius 2 is 1.88 bits per heavy atom. The molecule has 2 aromatic rings. The predicted octanol–water partition coefficient (Wildman–Crippen LogP) is 3.35. The lowest BCUT2D eigenvalue weighted by atomic mass is 9.86. The van der Waals surface area contributed by atoms with Crippen molar-refractivity contribution in [2.75, 3.05) is 0 Å². The summed E-state index contributed by atoms with van der Waals surface area (Å²) >= 11 is 0. The van der Waals surface area contributed by atoms with Crippen molar-refractivity contribution in [3.63, 3.8) is 0 Å². The van der Waals surface area contributed by atoms with E-state index in [1.807, 2.05) is 12.1 Å². The molecule has 0 radical (unpaired) electrons. The highest BCUT2D eigenvalue weighted by atomic mass is 16.4. The van der Waals surface area contributed by atoms with Gasteiger partial charge in [0.05, 0.1) is 5.71 Å². The molecule has 0 heterocycles. The minimum absolute atomic E-state index is 0.832. The smallest absolute Gasteiger partial charge is 0.0876 e. The Kier molecular flexibility index (Phi) is 2.13. The quantitative estimate of drug-likeness (QED) is 0.526. The van der Waals surface area contributed by atoms with Crippen molar-refractivity contribution < 1.29 is 5.21 Å². The zero-order valence-corrected chi connectivity index (χ0v) is 8.98. The summed E-state index contributed by atoms with van der Waals surface area (Å²) in [7, 11) is 0. The Hall–Kier alpha value is -1.83. The van der Waals surface area contributed by atoms with Crippen LogP contribution >= 0.6 is 0 Å². The molecule has 80 valence electrons. The first kappa shape index (κ1) is 9.40. The van der Waals surface area contributed by atoms with Crippen molar-refractivity contribution >= 4 is 16.5 Å².